The maximum absolute atomic E-state index is 18.0. The quantitative estimate of drug-likeness (QED) is 0.0114. The maximum atomic E-state index is 18.0. The predicted molar refractivity (Wildman–Crippen MR) is 382 cm³/mol. The molecule has 0 N–H and O–H groups in total. The molecule has 2 heterocycles. The first-order chi connectivity index (χ1) is 49.8. The number of rotatable bonds is 48. The molecule has 0 saturated carbocycles. The number of ether oxygens (including phenoxy) is 10. The van der Waals surface area contributed by atoms with Gasteiger partial charge in [0.05, 0.1) is 91.5 Å². The summed E-state index contributed by atoms with van der Waals surface area (Å²) in [5, 5.41) is 3.59. The summed E-state index contributed by atoms with van der Waals surface area (Å²) in [6, 6.07) is 65.8. The Morgan fingerprint density at radius 3 is 1.18 bits per heavy atom. The van der Waals surface area contributed by atoms with Crippen LogP contribution in [0.15, 0.2) is 217 Å². The molecule has 0 bridgehead atoms. The summed E-state index contributed by atoms with van der Waals surface area (Å²) in [4.78, 5) is 2.81. The van der Waals surface area contributed by atoms with E-state index in [1.165, 1.54) is 6.66 Å². The van der Waals surface area contributed by atoms with Crippen LogP contribution in [0.3, 0.4) is 0 Å². The third-order valence-corrected chi connectivity index (χ3v) is 20.2. The molecule has 0 spiro atoms. The highest BCUT2D eigenvalue weighted by atomic mass is 31.2. The topological polar surface area (TPSA) is 221 Å². The Morgan fingerprint density at radius 2 is 0.794 bits per heavy atom. The SMILES string of the molecule is CC[C@H]1O[C@@H](OCC(OCc2ccccc2)C(OCc2ccccc2)C(COP(=O)(OCc2ccccc2)O[C@@H]2C(F)[C@H](OCC(OCc3ccccc3)C(OCc3ccccc3)C(COP(C)(=O)OCCCCCN=[N+]=[N-])OCc3ccccc3)O[C@@H]2CC)OCc2ccccc2)C(F)[C@H]1C. The molecule has 2 fully saturated rings. The molecule has 102 heavy (non-hydrogen) atoms. The Labute approximate surface area is 598 Å². The third kappa shape index (κ3) is 26.3. The van der Waals surface area contributed by atoms with Gasteiger partial charge in [-0.3, -0.25) is 18.1 Å². The van der Waals surface area contributed by atoms with E-state index in [9.17, 15) is 4.57 Å². The van der Waals surface area contributed by atoms with E-state index in [1.807, 2.05) is 195 Å². The molecular formula is C78H97F2N3O17P2. The molecule has 0 aliphatic carbocycles. The van der Waals surface area contributed by atoms with Gasteiger partial charge in [0.1, 0.15) is 42.7 Å². The van der Waals surface area contributed by atoms with Crippen LogP contribution in [0, 0.1) is 5.92 Å². The van der Waals surface area contributed by atoms with Crippen molar-refractivity contribution in [2.24, 2.45) is 11.0 Å². The van der Waals surface area contributed by atoms with Crippen molar-refractivity contribution in [1.29, 1.82) is 0 Å². The molecule has 7 aromatic carbocycles. The minimum absolute atomic E-state index is 0.00830. The normalized spacial score (nSPS) is 22.0. The van der Waals surface area contributed by atoms with Crippen LogP contribution in [-0.2, 0) is 125 Å². The third-order valence-electron chi connectivity index (χ3n) is 17.5. The van der Waals surface area contributed by atoms with Gasteiger partial charge in [-0.25, -0.2) is 13.3 Å². The highest BCUT2D eigenvalue weighted by Crippen LogP contribution is 2.54. The Morgan fingerprint density at radius 1 is 0.441 bits per heavy atom. The fourth-order valence-corrected chi connectivity index (χ4v) is 14.0. The summed E-state index contributed by atoms with van der Waals surface area (Å²) in [6.07, 6.45) is -13.4. The van der Waals surface area contributed by atoms with Crippen molar-refractivity contribution in [3.8, 4) is 0 Å². The zero-order valence-corrected chi connectivity index (χ0v) is 60.2. The van der Waals surface area contributed by atoms with Crippen molar-refractivity contribution in [2.45, 2.75) is 179 Å². The lowest BCUT2D eigenvalue weighted by Crippen LogP contribution is -2.48. The number of hydrogen-bond acceptors (Lipinski definition) is 18. The predicted octanol–water partition coefficient (Wildman–Crippen LogP) is 17.2. The van der Waals surface area contributed by atoms with Crippen molar-refractivity contribution >= 4 is 15.4 Å². The summed E-state index contributed by atoms with van der Waals surface area (Å²) in [5.74, 6) is -0.434. The second-order valence-corrected chi connectivity index (χ2v) is 28.8. The van der Waals surface area contributed by atoms with Gasteiger partial charge in [0.25, 0.3) is 0 Å². The Balaban J connectivity index is 1.01. The lowest BCUT2D eigenvalue weighted by molar-refractivity contribution is -0.209. The van der Waals surface area contributed by atoms with Crippen LogP contribution < -0.4 is 0 Å². The van der Waals surface area contributed by atoms with Gasteiger partial charge in [0, 0.05) is 24.0 Å². The van der Waals surface area contributed by atoms with Crippen LogP contribution in [0.1, 0.15) is 91.8 Å². The van der Waals surface area contributed by atoms with Crippen LogP contribution >= 0.6 is 15.4 Å². The number of benzene rings is 7. The van der Waals surface area contributed by atoms with Crippen LogP contribution in [-0.4, -0.2) is 126 Å². The number of alkyl halides is 2. The molecule has 0 aromatic heterocycles. The molecule has 20 nitrogen and oxygen atoms in total. The summed E-state index contributed by atoms with van der Waals surface area (Å²) in [6.45, 7) is 5.89. The molecule has 7 aromatic rings. The van der Waals surface area contributed by atoms with Gasteiger partial charge in [0.15, 0.2) is 24.9 Å². The Kier molecular flexibility index (Phi) is 33.7. The molecule has 10 unspecified atom stereocenters. The molecule has 550 valence electrons. The molecule has 2 saturated heterocycles. The van der Waals surface area contributed by atoms with E-state index < -0.39 is 102 Å². The van der Waals surface area contributed by atoms with Gasteiger partial charge >= 0.3 is 15.4 Å². The number of phosphoric acid groups is 1. The number of hydrogen-bond donors (Lipinski definition) is 0. The first kappa shape index (κ1) is 79.7. The van der Waals surface area contributed by atoms with Gasteiger partial charge in [-0.15, -0.1) is 0 Å². The van der Waals surface area contributed by atoms with Gasteiger partial charge in [0.2, 0.25) is 0 Å². The van der Waals surface area contributed by atoms with Crippen molar-refractivity contribution in [1.82, 2.24) is 0 Å². The largest absolute Gasteiger partial charge is 0.475 e. The minimum atomic E-state index is -4.96. The first-order valence-electron chi connectivity index (χ1n) is 35.0. The monoisotopic (exact) mass is 1450 g/mol. The standard InChI is InChI=1S/C78H97F2N3O17P2/c1-5-66-58(3)72(79)77(98-66)92-54-68(86-47-59-31-15-7-16-32-59)75(91-52-64-41-25-12-26-42-64)71(89-50-62-37-21-10-22-38-62)57-97-102(85,96-53-65-43-27-13-28-44-65)100-76-67(6-2)99-78(73(76)80)93-55-69(87-48-60-33-17-8-18-34-60)74(90-51-63-39-23-11-24-40-63)70(88-49-61-35-19-9-20-36-61)56-95-101(4,84)94-46-30-14-29-45-82-83-81/h7-13,15-28,31-44,58,66-78H,5-6,14,29-30,45-57H2,1-4H3/t58-,66+,67+,68?,69?,70?,71?,72?,73?,74?,75?,76-,77+,78+,101?,102?/m0/s1. The second-order valence-electron chi connectivity index (χ2n) is 25.2. The van der Waals surface area contributed by atoms with E-state index in [0.717, 1.165) is 33.4 Å². The Hall–Kier alpha value is -6.43. The number of unbranched alkanes of at least 4 members (excludes halogenated alkanes) is 2. The van der Waals surface area contributed by atoms with Gasteiger partial charge < -0.3 is 56.4 Å². The zero-order chi connectivity index (χ0) is 71.6. The Bertz CT molecular complexity index is 3580. The number of nitrogens with zero attached hydrogens (tertiary/aromatic N) is 3. The number of halogens is 2. The van der Waals surface area contributed by atoms with Gasteiger partial charge in [-0.05, 0) is 70.2 Å². The van der Waals surface area contributed by atoms with Gasteiger partial charge in [-0.2, -0.15) is 0 Å². The molecule has 2 aliphatic rings. The smallest absolute Gasteiger partial charge is 0.368 e. The van der Waals surface area contributed by atoms with Crippen molar-refractivity contribution < 1.29 is 87.9 Å². The van der Waals surface area contributed by atoms with E-state index in [2.05, 4.69) is 10.0 Å². The van der Waals surface area contributed by atoms with E-state index in [0.29, 0.717) is 37.8 Å². The zero-order valence-electron chi connectivity index (χ0n) is 58.5. The number of phosphoric ester groups is 1. The molecule has 9 rings (SSSR count). The molecule has 0 amide bonds. The lowest BCUT2D eigenvalue weighted by Gasteiger charge is -2.35. The molecule has 16 atom stereocenters. The van der Waals surface area contributed by atoms with Gasteiger partial charge in [-0.1, -0.05) is 245 Å². The van der Waals surface area contributed by atoms with Crippen molar-refractivity contribution in [3.63, 3.8) is 0 Å². The highest BCUT2D eigenvalue weighted by molar-refractivity contribution is 7.53. The van der Waals surface area contributed by atoms with Crippen LogP contribution in [0.4, 0.5) is 8.78 Å². The fourth-order valence-electron chi connectivity index (χ4n) is 11.7. The lowest BCUT2D eigenvalue weighted by atomic mass is 10.0. The van der Waals surface area contributed by atoms with E-state index in [4.69, 9.17) is 75.5 Å². The summed E-state index contributed by atoms with van der Waals surface area (Å²) >= 11 is 0. The number of azide groups is 1. The van der Waals surface area contributed by atoms with Crippen molar-refractivity contribution in [3.05, 3.63) is 262 Å². The van der Waals surface area contributed by atoms with Crippen molar-refractivity contribution in [2.75, 3.05) is 46.2 Å². The maximum Gasteiger partial charge on any atom is 0.475 e. The summed E-state index contributed by atoms with van der Waals surface area (Å²) in [5.41, 5.74) is 14.2. The fraction of sp³-hybridized carbons (Fsp3) is 0.462. The molecule has 0 radical (unpaired) electrons. The molecule has 2 aliphatic heterocycles. The van der Waals surface area contributed by atoms with E-state index in [1.54, 1.807) is 38.1 Å². The summed E-state index contributed by atoms with van der Waals surface area (Å²) < 4.78 is 162. The molecular weight excluding hydrogens is 1350 g/mol. The summed E-state index contributed by atoms with van der Waals surface area (Å²) in [7, 11) is -8.71. The molecule has 24 heteroatoms. The van der Waals surface area contributed by atoms with E-state index >= 15 is 13.3 Å². The van der Waals surface area contributed by atoms with E-state index in [-0.39, 0.29) is 85.2 Å². The van der Waals surface area contributed by atoms with Crippen LogP contribution in [0.5, 0.6) is 0 Å². The van der Waals surface area contributed by atoms with Crippen LogP contribution in [0.25, 0.3) is 10.4 Å². The average Bonchev–Trinajstić information content (AvgIpc) is 1.63. The second kappa shape index (κ2) is 43.1. The minimum Gasteiger partial charge on any atom is -0.368 e. The highest BCUT2D eigenvalue weighted by Gasteiger charge is 2.51. The average molecular weight is 1450 g/mol. The first-order valence-corrected chi connectivity index (χ1v) is 38.5. The van der Waals surface area contributed by atoms with Crippen LogP contribution in [0.2, 0.25) is 0 Å².